The van der Waals surface area contributed by atoms with Crippen LogP contribution in [-0.4, -0.2) is 44.3 Å². The van der Waals surface area contributed by atoms with Gasteiger partial charge in [-0.3, -0.25) is 4.90 Å². The molecule has 148 valence electrons. The normalized spacial score (nSPS) is 16.0. The summed E-state index contributed by atoms with van der Waals surface area (Å²) in [7, 11) is 0. The van der Waals surface area contributed by atoms with E-state index in [0.717, 1.165) is 54.5 Å². The number of aromatic amines is 1. The molecule has 1 fully saturated rings. The standard InChI is InChI=1S/C23H24N4O2/c28-15-16-9-11-26(12-10-16)14-17-3-1-4-18(13-17)19-5-2-6-21-20(19)7-8-22-24-25-23(29)27(21)22/h1-8,13,16,28H,9-12,14-15H2,(H,25,29). The van der Waals surface area contributed by atoms with Gasteiger partial charge >= 0.3 is 5.69 Å². The highest BCUT2D eigenvalue weighted by Gasteiger charge is 2.18. The summed E-state index contributed by atoms with van der Waals surface area (Å²) in [5.41, 5.74) is 4.80. The number of hydrogen-bond acceptors (Lipinski definition) is 4. The maximum Gasteiger partial charge on any atom is 0.348 e. The molecule has 0 unspecified atom stereocenters. The van der Waals surface area contributed by atoms with Crippen LogP contribution in [0.15, 0.2) is 59.4 Å². The Morgan fingerprint density at radius 2 is 1.90 bits per heavy atom. The molecule has 2 aromatic heterocycles. The molecule has 4 aromatic rings. The smallest absolute Gasteiger partial charge is 0.348 e. The molecule has 1 saturated heterocycles. The molecule has 0 spiro atoms. The lowest BCUT2D eigenvalue weighted by molar-refractivity contribution is 0.127. The van der Waals surface area contributed by atoms with Crippen LogP contribution in [0.1, 0.15) is 18.4 Å². The van der Waals surface area contributed by atoms with Crippen molar-refractivity contribution < 1.29 is 5.11 Å². The summed E-state index contributed by atoms with van der Waals surface area (Å²) in [5.74, 6) is 0.455. The molecule has 0 radical (unpaired) electrons. The molecule has 1 aliphatic heterocycles. The molecule has 2 aromatic carbocycles. The van der Waals surface area contributed by atoms with E-state index in [1.54, 1.807) is 4.40 Å². The van der Waals surface area contributed by atoms with Gasteiger partial charge in [-0.05, 0) is 72.8 Å². The van der Waals surface area contributed by atoms with Crippen LogP contribution < -0.4 is 5.69 Å². The summed E-state index contributed by atoms with van der Waals surface area (Å²) in [6.45, 7) is 3.29. The fourth-order valence-electron chi connectivity index (χ4n) is 4.41. The van der Waals surface area contributed by atoms with Crippen LogP contribution in [-0.2, 0) is 6.54 Å². The van der Waals surface area contributed by atoms with Gasteiger partial charge in [0.05, 0.1) is 5.52 Å². The van der Waals surface area contributed by atoms with Crippen molar-refractivity contribution >= 4 is 16.6 Å². The number of fused-ring (bicyclic) bond motifs is 3. The third kappa shape index (κ3) is 3.34. The highest BCUT2D eigenvalue weighted by Crippen LogP contribution is 2.30. The summed E-state index contributed by atoms with van der Waals surface area (Å²) in [6, 6.07) is 18.6. The lowest BCUT2D eigenvalue weighted by atomic mass is 9.96. The summed E-state index contributed by atoms with van der Waals surface area (Å²) in [6.07, 6.45) is 2.13. The van der Waals surface area contributed by atoms with Gasteiger partial charge in [0.15, 0.2) is 5.65 Å². The van der Waals surface area contributed by atoms with E-state index in [9.17, 15) is 9.90 Å². The first-order valence-corrected chi connectivity index (χ1v) is 10.1. The van der Waals surface area contributed by atoms with Crippen LogP contribution in [0, 0.1) is 5.92 Å². The van der Waals surface area contributed by atoms with E-state index in [4.69, 9.17) is 0 Å². The molecule has 0 saturated carbocycles. The second-order valence-electron chi connectivity index (χ2n) is 7.90. The number of aliphatic hydroxyl groups excluding tert-OH is 1. The molecular formula is C23H24N4O2. The van der Waals surface area contributed by atoms with Gasteiger partial charge in [-0.25, -0.2) is 14.3 Å². The van der Waals surface area contributed by atoms with E-state index in [1.807, 2.05) is 24.3 Å². The predicted molar refractivity (Wildman–Crippen MR) is 114 cm³/mol. The Kier molecular flexibility index (Phi) is 4.66. The average molecular weight is 388 g/mol. The highest BCUT2D eigenvalue weighted by molar-refractivity contribution is 5.96. The molecule has 0 amide bonds. The minimum absolute atomic E-state index is 0.220. The Morgan fingerprint density at radius 1 is 1.07 bits per heavy atom. The Hall–Kier alpha value is -2.96. The van der Waals surface area contributed by atoms with Crippen molar-refractivity contribution in [3.63, 3.8) is 0 Å². The topological polar surface area (TPSA) is 73.6 Å². The zero-order valence-corrected chi connectivity index (χ0v) is 16.2. The number of likely N-dealkylation sites (tertiary alicyclic amines) is 1. The van der Waals surface area contributed by atoms with Crippen molar-refractivity contribution in [3.8, 4) is 11.1 Å². The number of hydrogen-bond donors (Lipinski definition) is 2. The first-order valence-electron chi connectivity index (χ1n) is 10.1. The molecule has 6 heteroatoms. The second-order valence-corrected chi connectivity index (χ2v) is 7.90. The molecule has 0 bridgehead atoms. The van der Waals surface area contributed by atoms with Crippen molar-refractivity contribution in [3.05, 3.63) is 70.6 Å². The largest absolute Gasteiger partial charge is 0.396 e. The lowest BCUT2D eigenvalue weighted by Gasteiger charge is -2.31. The van der Waals surface area contributed by atoms with Crippen LogP contribution in [0.2, 0.25) is 0 Å². The first-order chi connectivity index (χ1) is 14.2. The number of pyridine rings is 1. The second kappa shape index (κ2) is 7.46. The van der Waals surface area contributed by atoms with Crippen LogP contribution in [0.25, 0.3) is 27.7 Å². The molecular weight excluding hydrogens is 364 g/mol. The Balaban J connectivity index is 1.49. The molecule has 5 rings (SSSR count). The number of nitrogens with zero attached hydrogens (tertiary/aromatic N) is 3. The number of aromatic nitrogens is 3. The Labute approximate surface area is 168 Å². The van der Waals surface area contributed by atoms with Crippen LogP contribution in [0.5, 0.6) is 0 Å². The maximum absolute atomic E-state index is 12.2. The van der Waals surface area contributed by atoms with Crippen molar-refractivity contribution in [2.24, 2.45) is 5.92 Å². The van der Waals surface area contributed by atoms with E-state index in [2.05, 4.69) is 45.4 Å². The number of H-pyrrole nitrogens is 1. The number of rotatable bonds is 4. The van der Waals surface area contributed by atoms with Gasteiger partial charge in [-0.1, -0.05) is 30.3 Å². The highest BCUT2D eigenvalue weighted by atomic mass is 16.3. The maximum atomic E-state index is 12.2. The predicted octanol–water partition coefficient (Wildman–Crippen LogP) is 3.05. The lowest BCUT2D eigenvalue weighted by Crippen LogP contribution is -2.34. The summed E-state index contributed by atoms with van der Waals surface area (Å²) in [4.78, 5) is 14.6. The number of aliphatic hydroxyl groups is 1. The molecule has 3 heterocycles. The van der Waals surface area contributed by atoms with E-state index in [0.29, 0.717) is 18.2 Å². The van der Waals surface area contributed by atoms with Crippen molar-refractivity contribution in [1.29, 1.82) is 0 Å². The fraction of sp³-hybridized carbons (Fsp3) is 0.304. The monoisotopic (exact) mass is 388 g/mol. The third-order valence-electron chi connectivity index (χ3n) is 6.03. The number of piperidine rings is 1. The molecule has 29 heavy (non-hydrogen) atoms. The van der Waals surface area contributed by atoms with Gasteiger partial charge in [0.25, 0.3) is 0 Å². The first kappa shape index (κ1) is 18.1. The molecule has 1 aliphatic rings. The van der Waals surface area contributed by atoms with Gasteiger partial charge in [0.2, 0.25) is 0 Å². The summed E-state index contributed by atoms with van der Waals surface area (Å²) >= 11 is 0. The number of benzene rings is 2. The fourth-order valence-corrected chi connectivity index (χ4v) is 4.41. The SMILES string of the molecule is O=c1[nH]nc2ccc3c(-c4cccc(CN5CCC(CO)CC5)c4)cccc3n12. The van der Waals surface area contributed by atoms with Crippen LogP contribution in [0.3, 0.4) is 0 Å². The van der Waals surface area contributed by atoms with Crippen LogP contribution >= 0.6 is 0 Å². The minimum atomic E-state index is -0.220. The summed E-state index contributed by atoms with van der Waals surface area (Å²) < 4.78 is 1.62. The van der Waals surface area contributed by atoms with Gasteiger partial charge < -0.3 is 5.11 Å². The molecule has 2 N–H and O–H groups in total. The zero-order valence-electron chi connectivity index (χ0n) is 16.2. The van der Waals surface area contributed by atoms with E-state index < -0.39 is 0 Å². The van der Waals surface area contributed by atoms with E-state index in [-0.39, 0.29) is 5.69 Å². The van der Waals surface area contributed by atoms with Gasteiger partial charge in [0, 0.05) is 18.5 Å². The quantitative estimate of drug-likeness (QED) is 0.564. The van der Waals surface area contributed by atoms with E-state index >= 15 is 0 Å². The number of nitrogens with one attached hydrogen (secondary N) is 1. The Morgan fingerprint density at radius 3 is 2.72 bits per heavy atom. The van der Waals surface area contributed by atoms with Gasteiger partial charge in [0.1, 0.15) is 0 Å². The van der Waals surface area contributed by atoms with Crippen molar-refractivity contribution in [2.75, 3.05) is 19.7 Å². The van der Waals surface area contributed by atoms with Gasteiger partial charge in [-0.2, -0.15) is 5.10 Å². The summed E-state index contributed by atoms with van der Waals surface area (Å²) in [5, 5.41) is 17.0. The molecule has 0 aliphatic carbocycles. The van der Waals surface area contributed by atoms with Crippen molar-refractivity contribution in [1.82, 2.24) is 19.5 Å². The van der Waals surface area contributed by atoms with Crippen LogP contribution in [0.4, 0.5) is 0 Å². The van der Waals surface area contributed by atoms with Gasteiger partial charge in [-0.15, -0.1) is 0 Å². The molecule has 0 atom stereocenters. The third-order valence-corrected chi connectivity index (χ3v) is 6.03. The van der Waals surface area contributed by atoms with E-state index in [1.165, 1.54) is 5.56 Å². The average Bonchev–Trinajstić information content (AvgIpc) is 3.15. The molecule has 6 nitrogen and oxygen atoms in total. The Bertz CT molecular complexity index is 1220. The van der Waals surface area contributed by atoms with Crippen molar-refractivity contribution in [2.45, 2.75) is 19.4 Å². The zero-order chi connectivity index (χ0) is 19.8. The minimum Gasteiger partial charge on any atom is -0.396 e.